The Morgan fingerprint density at radius 2 is 1.96 bits per heavy atom. The zero-order valence-corrected chi connectivity index (χ0v) is 14.0. The number of nitrogens with zero attached hydrogens (tertiary/aromatic N) is 3. The van der Waals surface area contributed by atoms with Crippen molar-refractivity contribution in [3.63, 3.8) is 0 Å². The number of rotatable bonds is 5. The Hall–Kier alpha value is -2.27. The van der Waals surface area contributed by atoms with E-state index in [4.69, 9.17) is 5.11 Å². The van der Waals surface area contributed by atoms with Crippen molar-refractivity contribution in [2.75, 3.05) is 13.1 Å². The van der Waals surface area contributed by atoms with Crippen LogP contribution in [0.5, 0.6) is 0 Å². The van der Waals surface area contributed by atoms with Gasteiger partial charge in [0.25, 0.3) is 0 Å². The number of aryl methyl sites for hydroxylation is 1. The third-order valence-corrected chi connectivity index (χ3v) is 4.62. The van der Waals surface area contributed by atoms with Crippen LogP contribution in [0.25, 0.3) is 0 Å². The lowest BCUT2D eigenvalue weighted by Gasteiger charge is -2.33. The van der Waals surface area contributed by atoms with Gasteiger partial charge in [-0.25, -0.2) is 14.8 Å². The van der Waals surface area contributed by atoms with Crippen molar-refractivity contribution in [2.45, 2.75) is 38.6 Å². The van der Waals surface area contributed by atoms with Gasteiger partial charge in [-0.3, -0.25) is 4.90 Å². The normalized spacial score (nSPS) is 18.5. The second kappa shape index (κ2) is 7.53. The number of benzene rings is 1. The SMILES string of the molecule is CCc1ncc(CN2CCC[C@@H](c3ccc(C(=O)O)cc3)C2)cn1. The number of likely N-dealkylation sites (tertiary alicyclic amines) is 1. The van der Waals surface area contributed by atoms with E-state index in [1.807, 2.05) is 24.5 Å². The Kier molecular flexibility index (Phi) is 5.20. The fraction of sp³-hybridized carbons (Fsp3) is 0.421. The van der Waals surface area contributed by atoms with Gasteiger partial charge in [0.05, 0.1) is 5.56 Å². The molecule has 5 heteroatoms. The van der Waals surface area contributed by atoms with Crippen molar-refractivity contribution in [3.05, 3.63) is 59.2 Å². The third-order valence-electron chi connectivity index (χ3n) is 4.62. The monoisotopic (exact) mass is 325 g/mol. The molecule has 5 nitrogen and oxygen atoms in total. The summed E-state index contributed by atoms with van der Waals surface area (Å²) in [7, 11) is 0. The van der Waals surface area contributed by atoms with E-state index < -0.39 is 5.97 Å². The summed E-state index contributed by atoms with van der Waals surface area (Å²) in [5.41, 5.74) is 2.72. The Bertz CT molecular complexity index is 683. The second-order valence-corrected chi connectivity index (χ2v) is 6.36. The van der Waals surface area contributed by atoms with Crippen LogP contribution in [0.15, 0.2) is 36.7 Å². The lowest BCUT2D eigenvalue weighted by molar-refractivity contribution is 0.0697. The molecule has 126 valence electrons. The molecule has 0 bridgehead atoms. The van der Waals surface area contributed by atoms with Crippen LogP contribution < -0.4 is 0 Å². The van der Waals surface area contributed by atoms with Gasteiger partial charge < -0.3 is 5.11 Å². The van der Waals surface area contributed by atoms with Crippen molar-refractivity contribution in [2.24, 2.45) is 0 Å². The molecule has 0 spiro atoms. The number of carboxylic acid groups (broad SMARTS) is 1. The minimum atomic E-state index is -0.873. The first kappa shape index (κ1) is 16.6. The molecule has 0 radical (unpaired) electrons. The van der Waals surface area contributed by atoms with Crippen LogP contribution in [-0.2, 0) is 13.0 Å². The maximum absolute atomic E-state index is 11.0. The lowest BCUT2D eigenvalue weighted by atomic mass is 9.90. The molecular formula is C19H23N3O2. The molecule has 1 N–H and O–H groups in total. The number of hydrogen-bond acceptors (Lipinski definition) is 4. The van der Waals surface area contributed by atoms with Gasteiger partial charge in [-0.1, -0.05) is 19.1 Å². The van der Waals surface area contributed by atoms with Crippen LogP contribution in [0, 0.1) is 0 Å². The molecule has 3 rings (SSSR count). The highest BCUT2D eigenvalue weighted by atomic mass is 16.4. The highest BCUT2D eigenvalue weighted by Crippen LogP contribution is 2.27. The predicted octanol–water partition coefficient (Wildman–Crippen LogP) is 3.12. The molecule has 0 unspecified atom stereocenters. The van der Waals surface area contributed by atoms with Gasteiger partial charge in [-0.15, -0.1) is 0 Å². The van der Waals surface area contributed by atoms with Crippen molar-refractivity contribution >= 4 is 5.97 Å². The molecule has 0 amide bonds. The van der Waals surface area contributed by atoms with Gasteiger partial charge in [0.1, 0.15) is 5.82 Å². The molecule has 0 aliphatic carbocycles. The van der Waals surface area contributed by atoms with Crippen molar-refractivity contribution < 1.29 is 9.90 Å². The second-order valence-electron chi connectivity index (χ2n) is 6.36. The Morgan fingerprint density at radius 1 is 1.25 bits per heavy atom. The van der Waals surface area contributed by atoms with Crippen molar-refractivity contribution in [1.82, 2.24) is 14.9 Å². The number of aromatic carboxylic acids is 1. The van der Waals surface area contributed by atoms with Gasteiger partial charge >= 0.3 is 5.97 Å². The first-order valence-electron chi connectivity index (χ1n) is 8.51. The molecule has 0 saturated carbocycles. The largest absolute Gasteiger partial charge is 0.478 e. The summed E-state index contributed by atoms with van der Waals surface area (Å²) < 4.78 is 0. The molecule has 1 aromatic heterocycles. The van der Waals surface area contributed by atoms with Crippen molar-refractivity contribution in [3.8, 4) is 0 Å². The molecule has 2 heterocycles. The number of aromatic nitrogens is 2. The van der Waals surface area contributed by atoms with Crippen LogP contribution in [0.3, 0.4) is 0 Å². The predicted molar refractivity (Wildman–Crippen MR) is 92.1 cm³/mol. The fourth-order valence-corrected chi connectivity index (χ4v) is 3.27. The minimum absolute atomic E-state index is 0.347. The van der Waals surface area contributed by atoms with Crippen LogP contribution >= 0.6 is 0 Å². The van der Waals surface area contributed by atoms with E-state index in [1.54, 1.807) is 12.1 Å². The van der Waals surface area contributed by atoms with E-state index in [0.29, 0.717) is 11.5 Å². The maximum Gasteiger partial charge on any atom is 0.335 e. The molecule has 1 saturated heterocycles. The van der Waals surface area contributed by atoms with E-state index >= 15 is 0 Å². The number of carboxylic acids is 1. The standard InChI is InChI=1S/C19H23N3O2/c1-2-18-20-10-14(11-21-18)12-22-9-3-4-17(13-22)15-5-7-16(8-6-15)19(23)24/h5-8,10-11,17H,2-4,9,12-13H2,1H3,(H,23,24)/t17-/m1/s1. The smallest absolute Gasteiger partial charge is 0.335 e. The summed E-state index contributed by atoms with van der Waals surface area (Å²) in [6, 6.07) is 7.31. The summed E-state index contributed by atoms with van der Waals surface area (Å²) in [6.45, 7) is 4.99. The van der Waals surface area contributed by atoms with E-state index in [2.05, 4.69) is 21.8 Å². The summed E-state index contributed by atoms with van der Waals surface area (Å²) >= 11 is 0. The molecule has 1 fully saturated rings. The zero-order chi connectivity index (χ0) is 16.9. The number of hydrogen-bond donors (Lipinski definition) is 1. The van der Waals surface area contributed by atoms with Gasteiger partial charge in [-0.05, 0) is 43.0 Å². The Balaban J connectivity index is 1.64. The molecule has 1 aromatic carbocycles. The van der Waals surface area contributed by atoms with Gasteiger partial charge in [-0.2, -0.15) is 0 Å². The summed E-state index contributed by atoms with van der Waals surface area (Å²) in [5.74, 6) is 0.466. The Labute approximate surface area is 142 Å². The van der Waals surface area contributed by atoms with Crippen LogP contribution in [-0.4, -0.2) is 39.0 Å². The van der Waals surface area contributed by atoms with Crippen LogP contribution in [0.2, 0.25) is 0 Å². The summed E-state index contributed by atoms with van der Waals surface area (Å²) in [5, 5.41) is 9.01. The van der Waals surface area contributed by atoms with E-state index in [-0.39, 0.29) is 0 Å². The topological polar surface area (TPSA) is 66.3 Å². The summed E-state index contributed by atoms with van der Waals surface area (Å²) in [6.07, 6.45) is 7.01. The number of piperidine rings is 1. The average molecular weight is 325 g/mol. The van der Waals surface area contributed by atoms with Gasteiger partial charge in [0.15, 0.2) is 0 Å². The van der Waals surface area contributed by atoms with E-state index in [9.17, 15) is 4.79 Å². The number of carbonyl (C=O) groups is 1. The highest BCUT2D eigenvalue weighted by Gasteiger charge is 2.21. The van der Waals surface area contributed by atoms with Gasteiger partial charge in [0.2, 0.25) is 0 Å². The van der Waals surface area contributed by atoms with Crippen molar-refractivity contribution in [1.29, 1.82) is 0 Å². The summed E-state index contributed by atoms with van der Waals surface area (Å²) in [4.78, 5) is 22.1. The average Bonchev–Trinajstić information content (AvgIpc) is 2.63. The molecule has 1 aliphatic rings. The quantitative estimate of drug-likeness (QED) is 0.915. The molecular weight excluding hydrogens is 302 g/mol. The zero-order valence-electron chi connectivity index (χ0n) is 14.0. The van der Waals surface area contributed by atoms with Crippen LogP contribution in [0.1, 0.15) is 53.0 Å². The molecule has 2 aromatic rings. The fourth-order valence-electron chi connectivity index (χ4n) is 3.27. The van der Waals surface area contributed by atoms with Crippen LogP contribution in [0.4, 0.5) is 0 Å². The lowest BCUT2D eigenvalue weighted by Crippen LogP contribution is -2.34. The molecule has 24 heavy (non-hydrogen) atoms. The van der Waals surface area contributed by atoms with E-state index in [1.165, 1.54) is 5.56 Å². The highest BCUT2D eigenvalue weighted by molar-refractivity contribution is 5.87. The first-order valence-corrected chi connectivity index (χ1v) is 8.51. The maximum atomic E-state index is 11.0. The first-order chi connectivity index (χ1) is 11.7. The Morgan fingerprint density at radius 3 is 2.58 bits per heavy atom. The molecule has 1 aliphatic heterocycles. The van der Waals surface area contributed by atoms with E-state index in [0.717, 1.165) is 50.3 Å². The minimum Gasteiger partial charge on any atom is -0.478 e. The third kappa shape index (κ3) is 3.97. The molecule has 1 atom stereocenters. The van der Waals surface area contributed by atoms with Gasteiger partial charge in [0, 0.05) is 37.5 Å².